The standard InChI is InChI=1S/C29H34FN5O2/c1-20-26(19-37-27(36)18-34-15-6-3-7-16-34)32-29(31-24-12-10-23(30)11-13-24)33-28(20)35-17-14-22-8-4-5-9-25(22)21(35)2/h4-5,8-13,21H,3,6-7,14-19H2,1-2H3,(H,31,32,33). The van der Waals surface area contributed by atoms with E-state index in [2.05, 4.69) is 46.3 Å². The molecule has 1 saturated heterocycles. The van der Waals surface area contributed by atoms with Crippen molar-refractivity contribution in [1.29, 1.82) is 0 Å². The number of piperidine rings is 1. The number of anilines is 3. The molecule has 1 unspecified atom stereocenters. The van der Waals surface area contributed by atoms with Crippen LogP contribution in [0, 0.1) is 12.7 Å². The number of aromatic nitrogens is 2. The van der Waals surface area contributed by atoms with Crippen molar-refractivity contribution in [3.05, 3.63) is 76.7 Å². The van der Waals surface area contributed by atoms with Crippen molar-refractivity contribution in [3.63, 3.8) is 0 Å². The summed E-state index contributed by atoms with van der Waals surface area (Å²) >= 11 is 0. The van der Waals surface area contributed by atoms with E-state index in [-0.39, 0.29) is 24.4 Å². The molecular weight excluding hydrogens is 469 g/mol. The highest BCUT2D eigenvalue weighted by Crippen LogP contribution is 2.35. The molecule has 2 aromatic carbocycles. The number of likely N-dealkylation sites (tertiary alicyclic amines) is 1. The predicted octanol–water partition coefficient (Wildman–Crippen LogP) is 5.32. The van der Waals surface area contributed by atoms with Gasteiger partial charge >= 0.3 is 5.97 Å². The van der Waals surface area contributed by atoms with Gasteiger partial charge in [-0.05, 0) is 81.6 Å². The van der Waals surface area contributed by atoms with Gasteiger partial charge in [0.1, 0.15) is 18.2 Å². The number of carbonyl (C=O) groups excluding carboxylic acids is 1. The summed E-state index contributed by atoms with van der Waals surface area (Å²) in [6, 6.07) is 14.7. The summed E-state index contributed by atoms with van der Waals surface area (Å²) in [4.78, 5) is 26.6. The molecule has 3 aromatic rings. The molecule has 7 nitrogen and oxygen atoms in total. The molecule has 1 fully saturated rings. The van der Waals surface area contributed by atoms with Crippen LogP contribution in [0.25, 0.3) is 0 Å². The largest absolute Gasteiger partial charge is 0.458 e. The second kappa shape index (κ2) is 11.3. The molecule has 5 rings (SSSR count). The fourth-order valence-electron chi connectivity index (χ4n) is 5.24. The topological polar surface area (TPSA) is 70.6 Å². The van der Waals surface area contributed by atoms with Gasteiger partial charge in [-0.25, -0.2) is 9.37 Å². The van der Waals surface area contributed by atoms with Crippen LogP contribution in [0.5, 0.6) is 0 Å². The number of nitrogens with zero attached hydrogens (tertiary/aromatic N) is 4. The van der Waals surface area contributed by atoms with E-state index in [1.165, 1.54) is 29.7 Å². The van der Waals surface area contributed by atoms with Gasteiger partial charge in [0, 0.05) is 17.8 Å². The number of hydrogen-bond acceptors (Lipinski definition) is 7. The van der Waals surface area contributed by atoms with Gasteiger partial charge < -0.3 is 15.0 Å². The molecule has 0 spiro atoms. The molecule has 1 aromatic heterocycles. The van der Waals surface area contributed by atoms with Gasteiger partial charge in [-0.2, -0.15) is 4.98 Å². The van der Waals surface area contributed by atoms with Crippen molar-refractivity contribution in [3.8, 4) is 0 Å². The maximum absolute atomic E-state index is 13.4. The average Bonchev–Trinajstić information content (AvgIpc) is 2.91. The van der Waals surface area contributed by atoms with Gasteiger partial charge in [-0.15, -0.1) is 0 Å². The maximum atomic E-state index is 13.4. The lowest BCUT2D eigenvalue weighted by Gasteiger charge is -2.37. The van der Waals surface area contributed by atoms with Crippen LogP contribution in [0.4, 0.5) is 21.8 Å². The Morgan fingerprint density at radius 2 is 1.81 bits per heavy atom. The Morgan fingerprint density at radius 1 is 1.05 bits per heavy atom. The first kappa shape index (κ1) is 25.1. The number of halogens is 1. The lowest BCUT2D eigenvalue weighted by atomic mass is 9.93. The normalized spacial score (nSPS) is 17.8. The summed E-state index contributed by atoms with van der Waals surface area (Å²) in [5.41, 5.74) is 4.87. The third-order valence-electron chi connectivity index (χ3n) is 7.36. The molecular formula is C29H34FN5O2. The number of rotatable bonds is 7. The van der Waals surface area contributed by atoms with E-state index in [0.717, 1.165) is 50.3 Å². The first-order chi connectivity index (χ1) is 18.0. The molecule has 0 radical (unpaired) electrons. The van der Waals surface area contributed by atoms with Crippen molar-refractivity contribution in [1.82, 2.24) is 14.9 Å². The monoisotopic (exact) mass is 503 g/mol. The van der Waals surface area contributed by atoms with Gasteiger partial charge in [-0.3, -0.25) is 9.69 Å². The average molecular weight is 504 g/mol. The van der Waals surface area contributed by atoms with Crippen molar-refractivity contribution >= 4 is 23.4 Å². The van der Waals surface area contributed by atoms with Crippen LogP contribution < -0.4 is 10.2 Å². The van der Waals surface area contributed by atoms with Crippen molar-refractivity contribution in [2.75, 3.05) is 36.4 Å². The van der Waals surface area contributed by atoms with E-state index < -0.39 is 0 Å². The van der Waals surface area contributed by atoms with Crippen molar-refractivity contribution < 1.29 is 13.9 Å². The molecule has 1 N–H and O–H groups in total. The van der Waals surface area contributed by atoms with Crippen LogP contribution in [0.3, 0.4) is 0 Å². The van der Waals surface area contributed by atoms with Crippen LogP contribution in [-0.2, 0) is 22.6 Å². The van der Waals surface area contributed by atoms with Crippen LogP contribution in [0.15, 0.2) is 48.5 Å². The molecule has 0 amide bonds. The van der Waals surface area contributed by atoms with Gasteiger partial charge in [0.2, 0.25) is 5.95 Å². The number of esters is 1. The van der Waals surface area contributed by atoms with Gasteiger partial charge in [-0.1, -0.05) is 30.7 Å². The highest BCUT2D eigenvalue weighted by molar-refractivity contribution is 5.71. The molecule has 2 aliphatic heterocycles. The summed E-state index contributed by atoms with van der Waals surface area (Å²) in [5.74, 6) is 0.650. The van der Waals surface area contributed by atoms with E-state index in [0.29, 0.717) is 23.9 Å². The van der Waals surface area contributed by atoms with Crippen molar-refractivity contribution in [2.45, 2.75) is 52.2 Å². The highest BCUT2D eigenvalue weighted by atomic mass is 19.1. The first-order valence-electron chi connectivity index (χ1n) is 13.1. The third kappa shape index (κ3) is 5.91. The molecule has 37 heavy (non-hydrogen) atoms. The summed E-state index contributed by atoms with van der Waals surface area (Å²) < 4.78 is 19.1. The first-order valence-corrected chi connectivity index (χ1v) is 13.1. The van der Waals surface area contributed by atoms with Crippen LogP contribution in [-0.4, -0.2) is 47.0 Å². The molecule has 194 valence electrons. The quantitative estimate of drug-likeness (QED) is 0.438. The number of carbonyl (C=O) groups is 1. The zero-order chi connectivity index (χ0) is 25.8. The summed E-state index contributed by atoms with van der Waals surface area (Å²) in [6.45, 7) is 7.24. The number of ether oxygens (including phenoxy) is 1. The maximum Gasteiger partial charge on any atom is 0.320 e. The SMILES string of the molecule is Cc1c(COC(=O)CN2CCCCC2)nc(Nc2ccc(F)cc2)nc1N1CCc2ccccc2C1C. The molecule has 1 atom stereocenters. The number of nitrogens with one attached hydrogen (secondary N) is 1. The van der Waals surface area contributed by atoms with E-state index in [1.54, 1.807) is 12.1 Å². The fourth-order valence-corrected chi connectivity index (χ4v) is 5.24. The molecule has 0 aliphatic carbocycles. The second-order valence-corrected chi connectivity index (χ2v) is 9.89. The Morgan fingerprint density at radius 3 is 2.59 bits per heavy atom. The third-order valence-corrected chi connectivity index (χ3v) is 7.36. The zero-order valence-electron chi connectivity index (χ0n) is 21.5. The molecule has 0 saturated carbocycles. The summed E-state index contributed by atoms with van der Waals surface area (Å²) in [6.07, 6.45) is 4.39. The Hall–Kier alpha value is -3.52. The molecule has 0 bridgehead atoms. The minimum atomic E-state index is -0.307. The summed E-state index contributed by atoms with van der Waals surface area (Å²) in [7, 11) is 0. The number of benzene rings is 2. The minimum Gasteiger partial charge on any atom is -0.458 e. The molecule has 3 heterocycles. The number of hydrogen-bond donors (Lipinski definition) is 1. The van der Waals surface area contributed by atoms with E-state index in [1.807, 2.05) is 6.92 Å². The lowest BCUT2D eigenvalue weighted by Crippen LogP contribution is -2.36. The van der Waals surface area contributed by atoms with Gasteiger partial charge in [0.15, 0.2) is 0 Å². The van der Waals surface area contributed by atoms with E-state index in [9.17, 15) is 9.18 Å². The summed E-state index contributed by atoms with van der Waals surface area (Å²) in [5, 5.41) is 3.20. The van der Waals surface area contributed by atoms with Crippen molar-refractivity contribution in [2.24, 2.45) is 0 Å². The zero-order valence-corrected chi connectivity index (χ0v) is 21.5. The Bertz CT molecular complexity index is 1240. The van der Waals surface area contributed by atoms with E-state index >= 15 is 0 Å². The van der Waals surface area contributed by atoms with Crippen LogP contribution in [0.2, 0.25) is 0 Å². The van der Waals surface area contributed by atoms with Gasteiger partial charge in [0.05, 0.1) is 18.3 Å². The van der Waals surface area contributed by atoms with Crippen LogP contribution >= 0.6 is 0 Å². The minimum absolute atomic E-state index is 0.0743. The lowest BCUT2D eigenvalue weighted by molar-refractivity contribution is -0.146. The predicted molar refractivity (Wildman–Crippen MR) is 142 cm³/mol. The molecule has 8 heteroatoms. The fraction of sp³-hybridized carbons (Fsp3) is 0.414. The molecule has 2 aliphatic rings. The number of fused-ring (bicyclic) bond motifs is 1. The highest BCUT2D eigenvalue weighted by Gasteiger charge is 2.27. The Balaban J connectivity index is 1.41. The smallest absolute Gasteiger partial charge is 0.320 e. The van der Waals surface area contributed by atoms with Crippen LogP contribution in [0.1, 0.15) is 54.6 Å². The second-order valence-electron chi connectivity index (χ2n) is 9.89. The Kier molecular flexibility index (Phi) is 7.65. The Labute approximate surface area is 217 Å². The van der Waals surface area contributed by atoms with E-state index in [4.69, 9.17) is 14.7 Å². The van der Waals surface area contributed by atoms with Gasteiger partial charge in [0.25, 0.3) is 0 Å².